The summed E-state index contributed by atoms with van der Waals surface area (Å²) in [7, 11) is 0. The molecule has 0 amide bonds. The van der Waals surface area contributed by atoms with Gasteiger partial charge in [0.25, 0.3) is 0 Å². The van der Waals surface area contributed by atoms with E-state index in [0.717, 1.165) is 30.0 Å². The molecule has 2 heterocycles. The summed E-state index contributed by atoms with van der Waals surface area (Å²) in [5.41, 5.74) is 8.42. The van der Waals surface area contributed by atoms with E-state index in [1.54, 1.807) is 0 Å². The Bertz CT molecular complexity index is 549. The van der Waals surface area contributed by atoms with E-state index >= 15 is 0 Å². The first kappa shape index (κ1) is 11.3. The lowest BCUT2D eigenvalue weighted by atomic mass is 9.96. The zero-order valence-electron chi connectivity index (χ0n) is 10.4. The lowest BCUT2D eigenvalue weighted by molar-refractivity contribution is 0.153. The zero-order valence-corrected chi connectivity index (χ0v) is 10.4. The van der Waals surface area contributed by atoms with Gasteiger partial charge in [-0.3, -0.25) is 0 Å². The van der Waals surface area contributed by atoms with E-state index in [1.807, 2.05) is 36.8 Å². The highest BCUT2D eigenvalue weighted by atomic mass is 16.5. The number of aryl methyl sites for hydroxylation is 1. The van der Waals surface area contributed by atoms with E-state index in [9.17, 15) is 0 Å². The first-order chi connectivity index (χ1) is 8.79. The van der Waals surface area contributed by atoms with Crippen LogP contribution in [0.25, 0.3) is 0 Å². The molecule has 2 atom stereocenters. The number of para-hydroxylation sites is 1. The molecule has 1 aliphatic heterocycles. The Morgan fingerprint density at radius 2 is 2.28 bits per heavy atom. The third kappa shape index (κ3) is 1.78. The fraction of sp³-hybridized carbons (Fsp3) is 0.357. The first-order valence-electron chi connectivity index (χ1n) is 6.30. The van der Waals surface area contributed by atoms with E-state index in [1.165, 1.54) is 0 Å². The molecule has 0 bridgehead atoms. The van der Waals surface area contributed by atoms with E-state index in [2.05, 4.69) is 16.5 Å². The molecule has 0 spiro atoms. The lowest BCUT2D eigenvalue weighted by Crippen LogP contribution is -2.25. The molecule has 0 saturated heterocycles. The van der Waals surface area contributed by atoms with Gasteiger partial charge in [-0.05, 0) is 13.0 Å². The van der Waals surface area contributed by atoms with Crippen molar-refractivity contribution >= 4 is 0 Å². The summed E-state index contributed by atoms with van der Waals surface area (Å²) in [6, 6.07) is 8.02. The second kappa shape index (κ2) is 4.46. The van der Waals surface area contributed by atoms with Crippen molar-refractivity contribution in [2.75, 3.05) is 0 Å². The fourth-order valence-corrected chi connectivity index (χ4v) is 2.50. The molecule has 1 unspecified atom stereocenters. The fourth-order valence-electron chi connectivity index (χ4n) is 2.50. The molecule has 0 fully saturated rings. The Kier molecular flexibility index (Phi) is 2.80. The quantitative estimate of drug-likeness (QED) is 0.881. The van der Waals surface area contributed by atoms with Crippen molar-refractivity contribution in [3.8, 4) is 5.75 Å². The van der Waals surface area contributed by atoms with Crippen molar-refractivity contribution < 1.29 is 4.74 Å². The van der Waals surface area contributed by atoms with Crippen molar-refractivity contribution in [3.05, 3.63) is 48.0 Å². The van der Waals surface area contributed by atoms with Gasteiger partial charge >= 0.3 is 0 Å². The molecule has 0 aliphatic carbocycles. The Morgan fingerprint density at radius 1 is 1.44 bits per heavy atom. The van der Waals surface area contributed by atoms with Crippen LogP contribution in [0.15, 0.2) is 36.8 Å². The summed E-state index contributed by atoms with van der Waals surface area (Å²) < 4.78 is 8.15. The van der Waals surface area contributed by atoms with Crippen molar-refractivity contribution in [3.63, 3.8) is 0 Å². The van der Waals surface area contributed by atoms with Crippen LogP contribution >= 0.6 is 0 Å². The minimum atomic E-state index is -0.00245. The van der Waals surface area contributed by atoms with Crippen LogP contribution in [0.1, 0.15) is 36.7 Å². The maximum absolute atomic E-state index is 6.22. The minimum Gasteiger partial charge on any atom is -0.484 e. The van der Waals surface area contributed by atoms with Crippen LogP contribution < -0.4 is 10.5 Å². The molecule has 2 N–H and O–H groups in total. The second-order valence-electron chi connectivity index (χ2n) is 4.59. The molecule has 0 saturated carbocycles. The minimum absolute atomic E-state index is 0.00245. The molecule has 0 radical (unpaired) electrons. The van der Waals surface area contributed by atoms with Crippen molar-refractivity contribution in [1.82, 2.24) is 9.55 Å². The zero-order chi connectivity index (χ0) is 12.5. The molecule has 4 nitrogen and oxygen atoms in total. The number of ether oxygens (including phenoxy) is 1. The average Bonchev–Trinajstić information content (AvgIpc) is 2.87. The van der Waals surface area contributed by atoms with Crippen molar-refractivity contribution in [2.45, 2.75) is 32.0 Å². The van der Waals surface area contributed by atoms with E-state index in [-0.39, 0.29) is 12.1 Å². The molecular weight excluding hydrogens is 226 g/mol. The third-order valence-corrected chi connectivity index (χ3v) is 3.47. The van der Waals surface area contributed by atoms with Gasteiger partial charge < -0.3 is 15.0 Å². The van der Waals surface area contributed by atoms with Gasteiger partial charge in [-0.25, -0.2) is 4.98 Å². The van der Waals surface area contributed by atoms with Crippen molar-refractivity contribution in [2.24, 2.45) is 5.73 Å². The normalized spacial score (nSPS) is 22.3. The number of nitrogens with two attached hydrogens (primary N) is 1. The molecule has 4 heteroatoms. The molecule has 1 aromatic carbocycles. The standard InChI is InChI=1S/C14H17N3O/c1-2-17-9-16-8-12(17)14-7-11(15)10-5-3-4-6-13(10)18-14/h3-6,8-9,11,14H,2,7,15H2,1H3/t11-,14?/m0/s1. The Labute approximate surface area is 106 Å². The van der Waals surface area contributed by atoms with Crippen LogP contribution in [-0.4, -0.2) is 9.55 Å². The van der Waals surface area contributed by atoms with Crippen LogP contribution in [0.5, 0.6) is 5.75 Å². The van der Waals surface area contributed by atoms with E-state index < -0.39 is 0 Å². The third-order valence-electron chi connectivity index (χ3n) is 3.47. The SMILES string of the molecule is CCn1cncc1C1C[C@H](N)c2ccccc2O1. The predicted molar refractivity (Wildman–Crippen MR) is 69.3 cm³/mol. The van der Waals surface area contributed by atoms with Crippen LogP contribution in [0.3, 0.4) is 0 Å². The van der Waals surface area contributed by atoms with Gasteiger partial charge in [-0.2, -0.15) is 0 Å². The summed E-state index contributed by atoms with van der Waals surface area (Å²) in [6.45, 7) is 2.99. The van der Waals surface area contributed by atoms with Crippen molar-refractivity contribution in [1.29, 1.82) is 0 Å². The molecule has 1 aromatic heterocycles. The monoisotopic (exact) mass is 243 g/mol. The maximum Gasteiger partial charge on any atom is 0.142 e. The van der Waals surface area contributed by atoms with Gasteiger partial charge in [-0.1, -0.05) is 18.2 Å². The number of hydrogen-bond acceptors (Lipinski definition) is 3. The van der Waals surface area contributed by atoms with Gasteiger partial charge in [0.15, 0.2) is 0 Å². The predicted octanol–water partition coefficient (Wildman–Crippen LogP) is 2.43. The molecule has 2 aromatic rings. The molecular formula is C14H17N3O. The highest BCUT2D eigenvalue weighted by Gasteiger charge is 2.28. The molecule has 18 heavy (non-hydrogen) atoms. The second-order valence-corrected chi connectivity index (χ2v) is 4.59. The molecule has 94 valence electrons. The summed E-state index contributed by atoms with van der Waals surface area (Å²) in [5, 5.41) is 0. The number of hydrogen-bond donors (Lipinski definition) is 1. The number of rotatable bonds is 2. The van der Waals surface area contributed by atoms with Crippen LogP contribution in [0, 0.1) is 0 Å². The smallest absolute Gasteiger partial charge is 0.142 e. The summed E-state index contributed by atoms with van der Waals surface area (Å²) in [6.07, 6.45) is 4.50. The maximum atomic E-state index is 6.22. The summed E-state index contributed by atoms with van der Waals surface area (Å²) >= 11 is 0. The molecule has 3 rings (SSSR count). The number of benzene rings is 1. The number of imidazole rings is 1. The summed E-state index contributed by atoms with van der Waals surface area (Å²) in [4.78, 5) is 4.19. The largest absolute Gasteiger partial charge is 0.484 e. The Morgan fingerprint density at radius 3 is 3.11 bits per heavy atom. The first-order valence-corrected chi connectivity index (χ1v) is 6.30. The summed E-state index contributed by atoms with van der Waals surface area (Å²) in [5.74, 6) is 0.894. The van der Waals surface area contributed by atoms with Crippen LogP contribution in [-0.2, 0) is 6.54 Å². The van der Waals surface area contributed by atoms with Crippen LogP contribution in [0.4, 0.5) is 0 Å². The molecule has 1 aliphatic rings. The highest BCUT2D eigenvalue weighted by Crippen LogP contribution is 2.39. The van der Waals surface area contributed by atoms with Gasteiger partial charge in [0, 0.05) is 24.6 Å². The van der Waals surface area contributed by atoms with E-state index in [0.29, 0.717) is 0 Å². The highest BCUT2D eigenvalue weighted by molar-refractivity contribution is 5.38. The van der Waals surface area contributed by atoms with Gasteiger partial charge in [-0.15, -0.1) is 0 Å². The number of fused-ring (bicyclic) bond motifs is 1. The van der Waals surface area contributed by atoms with E-state index in [4.69, 9.17) is 10.5 Å². The Hall–Kier alpha value is -1.81. The number of nitrogens with zero attached hydrogens (tertiary/aromatic N) is 2. The average molecular weight is 243 g/mol. The topological polar surface area (TPSA) is 53.1 Å². The lowest BCUT2D eigenvalue weighted by Gasteiger charge is -2.30. The van der Waals surface area contributed by atoms with Gasteiger partial charge in [0.1, 0.15) is 11.9 Å². The van der Waals surface area contributed by atoms with Gasteiger partial charge in [0.05, 0.1) is 18.2 Å². The number of aromatic nitrogens is 2. The van der Waals surface area contributed by atoms with Gasteiger partial charge in [0.2, 0.25) is 0 Å². The Balaban J connectivity index is 1.94. The van der Waals surface area contributed by atoms with Crippen LogP contribution in [0.2, 0.25) is 0 Å².